The van der Waals surface area contributed by atoms with E-state index in [2.05, 4.69) is 18.8 Å². The Morgan fingerprint density at radius 1 is 1.17 bits per heavy atom. The predicted octanol–water partition coefficient (Wildman–Crippen LogP) is 4.17. The number of amides is 2. The van der Waals surface area contributed by atoms with Crippen molar-refractivity contribution in [3.8, 4) is 5.75 Å². The molecule has 0 saturated carbocycles. The van der Waals surface area contributed by atoms with E-state index in [1.54, 1.807) is 44.4 Å². The van der Waals surface area contributed by atoms with Crippen LogP contribution in [-0.2, 0) is 9.59 Å². The van der Waals surface area contributed by atoms with E-state index in [1.165, 1.54) is 10.5 Å². The topological polar surface area (TPSA) is 85.0 Å². The molecular weight excluding hydrogens is 398 g/mol. The largest absolute Gasteiger partial charge is 0.497 e. The summed E-state index contributed by atoms with van der Waals surface area (Å²) in [5.74, 6) is 0.312. The molecule has 0 radical (unpaired) electrons. The molecule has 6 nitrogen and oxygen atoms in total. The van der Waals surface area contributed by atoms with Gasteiger partial charge in [-0.2, -0.15) is 0 Å². The van der Waals surface area contributed by atoms with Crippen LogP contribution in [0.25, 0.3) is 6.08 Å². The molecule has 0 fully saturated rings. The van der Waals surface area contributed by atoms with Crippen molar-refractivity contribution in [3.05, 3.63) is 65.4 Å². The number of hydrogen-bond acceptors (Lipinski definition) is 5. The van der Waals surface area contributed by atoms with E-state index in [0.29, 0.717) is 28.2 Å². The number of thioether (sulfide) groups is 1. The number of carbonyl (C=O) groups is 2. The molecule has 0 aromatic heterocycles. The minimum absolute atomic E-state index is 0.268. The summed E-state index contributed by atoms with van der Waals surface area (Å²) < 4.78 is 5.28. The van der Waals surface area contributed by atoms with Gasteiger partial charge in [0.05, 0.1) is 18.0 Å². The summed E-state index contributed by atoms with van der Waals surface area (Å²) in [4.78, 5) is 30.8. The van der Waals surface area contributed by atoms with Crippen molar-refractivity contribution < 1.29 is 14.3 Å². The van der Waals surface area contributed by atoms with Crippen LogP contribution in [0.1, 0.15) is 37.8 Å². The van der Waals surface area contributed by atoms with Gasteiger partial charge in [-0.15, -0.1) is 0 Å². The highest BCUT2D eigenvalue weighted by Crippen LogP contribution is 2.32. The third-order valence-electron chi connectivity index (χ3n) is 4.73. The monoisotopic (exact) mass is 423 g/mol. The standard InChI is InChI=1S/C23H25N3O3S/c1-14(2)17-10-8-16(9-11-17)12-20-22(28)26(18-6-5-7-19(13-18)29-4)23(25-20)30-15(3)21(24)27/h5-15H,1-4H3,(H2,24,27). The molecule has 0 spiro atoms. The fraction of sp³-hybridized carbons (Fsp3) is 0.261. The van der Waals surface area contributed by atoms with Crippen LogP contribution in [0.3, 0.4) is 0 Å². The number of amidine groups is 1. The van der Waals surface area contributed by atoms with E-state index in [1.807, 2.05) is 24.3 Å². The molecule has 1 atom stereocenters. The summed E-state index contributed by atoms with van der Waals surface area (Å²) in [5.41, 5.74) is 8.44. The van der Waals surface area contributed by atoms with Crippen molar-refractivity contribution in [2.75, 3.05) is 12.0 Å². The Bertz CT molecular complexity index is 1010. The Morgan fingerprint density at radius 2 is 1.87 bits per heavy atom. The number of aliphatic imine (C=N–C) groups is 1. The zero-order valence-corrected chi connectivity index (χ0v) is 18.3. The third-order valence-corrected chi connectivity index (χ3v) is 5.80. The van der Waals surface area contributed by atoms with Gasteiger partial charge in [0, 0.05) is 6.07 Å². The molecule has 7 heteroatoms. The molecule has 2 aromatic rings. The van der Waals surface area contributed by atoms with Gasteiger partial charge >= 0.3 is 0 Å². The number of primary amides is 1. The smallest absolute Gasteiger partial charge is 0.283 e. The second-order valence-electron chi connectivity index (χ2n) is 7.25. The van der Waals surface area contributed by atoms with Crippen molar-refractivity contribution in [1.29, 1.82) is 0 Å². The van der Waals surface area contributed by atoms with Gasteiger partial charge in [-0.1, -0.05) is 55.9 Å². The molecule has 1 aliphatic rings. The van der Waals surface area contributed by atoms with E-state index in [9.17, 15) is 9.59 Å². The van der Waals surface area contributed by atoms with Crippen molar-refractivity contribution in [2.24, 2.45) is 10.7 Å². The number of ether oxygens (including phenoxy) is 1. The van der Waals surface area contributed by atoms with Crippen molar-refractivity contribution >= 4 is 40.5 Å². The van der Waals surface area contributed by atoms with E-state index in [-0.39, 0.29) is 5.91 Å². The van der Waals surface area contributed by atoms with Gasteiger partial charge in [0.1, 0.15) is 11.4 Å². The van der Waals surface area contributed by atoms with E-state index < -0.39 is 11.2 Å². The number of hydrogen-bond donors (Lipinski definition) is 1. The van der Waals surface area contributed by atoms with Gasteiger partial charge in [-0.25, -0.2) is 4.99 Å². The van der Waals surface area contributed by atoms with E-state index >= 15 is 0 Å². The second-order valence-corrected chi connectivity index (χ2v) is 8.56. The molecule has 2 N–H and O–H groups in total. The summed E-state index contributed by atoms with van der Waals surface area (Å²) in [6, 6.07) is 15.2. The number of nitrogens with two attached hydrogens (primary N) is 1. The molecule has 1 heterocycles. The molecule has 156 valence electrons. The molecule has 30 heavy (non-hydrogen) atoms. The van der Waals surface area contributed by atoms with Crippen LogP contribution in [0, 0.1) is 0 Å². The first kappa shape index (κ1) is 21.6. The van der Waals surface area contributed by atoms with Crippen molar-refractivity contribution in [3.63, 3.8) is 0 Å². The van der Waals surface area contributed by atoms with Crippen molar-refractivity contribution in [1.82, 2.24) is 0 Å². The number of benzene rings is 2. The lowest BCUT2D eigenvalue weighted by molar-refractivity contribution is -0.117. The van der Waals surface area contributed by atoms with Crippen LogP contribution < -0.4 is 15.4 Å². The maximum absolute atomic E-state index is 13.2. The Balaban J connectivity index is 1.99. The van der Waals surface area contributed by atoms with Crippen LogP contribution in [0.4, 0.5) is 5.69 Å². The van der Waals surface area contributed by atoms with Gasteiger partial charge in [0.15, 0.2) is 5.17 Å². The zero-order chi connectivity index (χ0) is 21.8. The molecule has 3 rings (SSSR count). The summed E-state index contributed by atoms with van der Waals surface area (Å²) in [6.07, 6.45) is 1.75. The zero-order valence-electron chi connectivity index (χ0n) is 17.5. The van der Waals surface area contributed by atoms with E-state index in [4.69, 9.17) is 10.5 Å². The number of rotatable bonds is 6. The highest BCUT2D eigenvalue weighted by molar-refractivity contribution is 8.15. The number of methoxy groups -OCH3 is 1. The fourth-order valence-corrected chi connectivity index (χ4v) is 3.78. The SMILES string of the molecule is COc1cccc(N2C(=O)C(=Cc3ccc(C(C)C)cc3)N=C2SC(C)C(N)=O)c1. The first-order chi connectivity index (χ1) is 14.3. The van der Waals surface area contributed by atoms with Gasteiger partial charge in [-0.3, -0.25) is 14.5 Å². The highest BCUT2D eigenvalue weighted by Gasteiger charge is 2.34. The van der Waals surface area contributed by atoms with Crippen LogP contribution in [0.2, 0.25) is 0 Å². The molecular formula is C23H25N3O3S. The maximum atomic E-state index is 13.2. The van der Waals surface area contributed by atoms with Gasteiger partial charge < -0.3 is 10.5 Å². The molecule has 0 aliphatic carbocycles. The van der Waals surface area contributed by atoms with Crippen LogP contribution in [-0.4, -0.2) is 29.3 Å². The summed E-state index contributed by atoms with van der Waals surface area (Å²) >= 11 is 1.16. The quantitative estimate of drug-likeness (QED) is 0.707. The second kappa shape index (κ2) is 9.17. The molecule has 0 saturated heterocycles. The van der Waals surface area contributed by atoms with Crippen molar-refractivity contribution in [2.45, 2.75) is 31.9 Å². The molecule has 1 unspecified atom stereocenters. The Morgan fingerprint density at radius 3 is 2.47 bits per heavy atom. The number of nitrogens with zero attached hydrogens (tertiary/aromatic N) is 2. The first-order valence-corrected chi connectivity index (χ1v) is 10.5. The van der Waals surface area contributed by atoms with Crippen LogP contribution in [0.15, 0.2) is 59.2 Å². The molecule has 0 bridgehead atoms. The lowest BCUT2D eigenvalue weighted by Crippen LogP contribution is -2.33. The highest BCUT2D eigenvalue weighted by atomic mass is 32.2. The molecule has 2 amide bonds. The van der Waals surface area contributed by atoms with Gasteiger partial charge in [0.2, 0.25) is 5.91 Å². The first-order valence-electron chi connectivity index (χ1n) is 9.65. The van der Waals surface area contributed by atoms with E-state index in [0.717, 1.165) is 17.3 Å². The minimum Gasteiger partial charge on any atom is -0.497 e. The molecule has 2 aromatic carbocycles. The summed E-state index contributed by atoms with van der Waals surface area (Å²) in [6.45, 7) is 5.96. The average Bonchev–Trinajstić information content (AvgIpc) is 3.03. The maximum Gasteiger partial charge on any atom is 0.283 e. The van der Waals surface area contributed by atoms with Crippen LogP contribution >= 0.6 is 11.8 Å². The van der Waals surface area contributed by atoms with Gasteiger partial charge in [-0.05, 0) is 42.2 Å². The van der Waals surface area contributed by atoms with Gasteiger partial charge in [0.25, 0.3) is 5.91 Å². The lowest BCUT2D eigenvalue weighted by Gasteiger charge is -2.19. The normalized spacial score (nSPS) is 16.2. The predicted molar refractivity (Wildman–Crippen MR) is 123 cm³/mol. The Hall–Kier alpha value is -3.06. The summed E-state index contributed by atoms with van der Waals surface area (Å²) in [7, 11) is 1.57. The minimum atomic E-state index is -0.533. The summed E-state index contributed by atoms with van der Waals surface area (Å²) in [5, 5.41) is -0.126. The van der Waals surface area contributed by atoms with Crippen LogP contribution in [0.5, 0.6) is 5.75 Å². The number of carbonyl (C=O) groups excluding carboxylic acids is 2. The average molecular weight is 424 g/mol. The lowest BCUT2D eigenvalue weighted by atomic mass is 10.0. The fourth-order valence-electron chi connectivity index (χ4n) is 2.90. The Labute approximate surface area is 180 Å². The number of anilines is 1. The Kier molecular flexibility index (Phi) is 6.62. The third kappa shape index (κ3) is 4.74. The molecule has 1 aliphatic heterocycles.